The molecular weight excluding hydrogens is 491 g/mol. The zero-order chi connectivity index (χ0) is 26.1. The molecule has 2 N–H and O–H groups in total. The molecule has 4 aromatic rings. The van der Waals surface area contributed by atoms with Crippen LogP contribution in [-0.4, -0.2) is 21.3 Å². The van der Waals surface area contributed by atoms with Crippen molar-refractivity contribution in [1.29, 1.82) is 10.5 Å². The van der Waals surface area contributed by atoms with E-state index >= 15 is 0 Å². The molecule has 0 spiro atoms. The molecular formula is C29H18ClFN4O2. The molecule has 37 heavy (non-hydrogen) atoms. The Kier molecular flexibility index (Phi) is 6.31. The number of nitrogens with one attached hydrogen (secondary N) is 1. The highest BCUT2D eigenvalue weighted by Crippen LogP contribution is 2.49. The van der Waals surface area contributed by atoms with Gasteiger partial charge >= 0.3 is 5.97 Å². The Balaban J connectivity index is 1.85. The number of rotatable bonds is 6. The minimum absolute atomic E-state index is 0.102. The van der Waals surface area contributed by atoms with Gasteiger partial charge in [0.05, 0.1) is 28.1 Å². The van der Waals surface area contributed by atoms with Gasteiger partial charge in [-0.05, 0) is 70.9 Å². The molecule has 0 amide bonds. The predicted molar refractivity (Wildman–Crippen MR) is 139 cm³/mol. The van der Waals surface area contributed by atoms with Gasteiger partial charge in [0.1, 0.15) is 6.07 Å². The van der Waals surface area contributed by atoms with Crippen LogP contribution in [0.3, 0.4) is 0 Å². The predicted octanol–water partition coefficient (Wildman–Crippen LogP) is 6.57. The number of aromatic nitrogens is 2. The van der Waals surface area contributed by atoms with E-state index in [1.807, 2.05) is 18.2 Å². The van der Waals surface area contributed by atoms with Crippen molar-refractivity contribution in [3.63, 3.8) is 0 Å². The highest BCUT2D eigenvalue weighted by atomic mass is 35.5. The second kappa shape index (κ2) is 9.73. The molecule has 8 heteroatoms. The number of hydrogen-bond acceptors (Lipinski definition) is 4. The average Bonchev–Trinajstić information content (AvgIpc) is 3.67. The van der Waals surface area contributed by atoms with E-state index in [4.69, 9.17) is 16.7 Å². The van der Waals surface area contributed by atoms with Gasteiger partial charge in [-0.1, -0.05) is 48.0 Å². The van der Waals surface area contributed by atoms with Crippen LogP contribution in [0.4, 0.5) is 4.39 Å². The fraction of sp³-hybridized carbons (Fsp3) is 0.103. The summed E-state index contributed by atoms with van der Waals surface area (Å²) in [7, 11) is 0. The Morgan fingerprint density at radius 3 is 2.46 bits per heavy atom. The molecule has 1 aliphatic rings. The monoisotopic (exact) mass is 508 g/mol. The fourth-order valence-corrected chi connectivity index (χ4v) is 4.73. The Bertz CT molecular complexity index is 1700. The largest absolute Gasteiger partial charge is 0.478 e. The number of fused-ring (bicyclic) bond motifs is 1. The van der Waals surface area contributed by atoms with E-state index in [0.29, 0.717) is 38.4 Å². The molecule has 0 radical (unpaired) electrons. The van der Waals surface area contributed by atoms with Crippen molar-refractivity contribution in [2.75, 3.05) is 0 Å². The molecule has 6 nitrogen and oxygen atoms in total. The maximum Gasteiger partial charge on any atom is 0.328 e. The molecule has 180 valence electrons. The normalized spacial score (nSPS) is 13.8. The molecule has 1 aromatic heterocycles. The molecule has 3 aromatic carbocycles. The summed E-state index contributed by atoms with van der Waals surface area (Å²) >= 11 is 6.19. The third kappa shape index (κ3) is 4.61. The molecule has 0 atom stereocenters. The Morgan fingerprint density at radius 1 is 1.08 bits per heavy atom. The molecule has 1 heterocycles. The number of carboxylic acids is 1. The first-order valence-corrected chi connectivity index (χ1v) is 11.8. The first-order chi connectivity index (χ1) is 17.9. The molecule has 1 aliphatic carbocycles. The van der Waals surface area contributed by atoms with Crippen molar-refractivity contribution in [3.05, 3.63) is 105 Å². The lowest BCUT2D eigenvalue weighted by Crippen LogP contribution is -2.02. The summed E-state index contributed by atoms with van der Waals surface area (Å²) in [5.41, 5.74) is 5.11. The molecule has 1 fully saturated rings. The maximum absolute atomic E-state index is 14.7. The molecule has 5 rings (SSSR count). The minimum atomic E-state index is -1.05. The van der Waals surface area contributed by atoms with Crippen LogP contribution in [0.25, 0.3) is 28.1 Å². The van der Waals surface area contributed by atoms with Gasteiger partial charge in [-0.3, -0.25) is 5.10 Å². The van der Waals surface area contributed by atoms with Crippen molar-refractivity contribution in [1.82, 2.24) is 10.2 Å². The number of carboxylic acid groups (broad SMARTS) is 1. The van der Waals surface area contributed by atoms with Crippen molar-refractivity contribution >= 4 is 45.7 Å². The van der Waals surface area contributed by atoms with E-state index in [1.165, 1.54) is 6.08 Å². The van der Waals surface area contributed by atoms with E-state index in [1.54, 1.807) is 36.4 Å². The Hall–Kier alpha value is -4.72. The van der Waals surface area contributed by atoms with Crippen LogP contribution in [0.2, 0.25) is 5.02 Å². The van der Waals surface area contributed by atoms with E-state index in [0.717, 1.165) is 30.1 Å². The average molecular weight is 509 g/mol. The molecule has 0 aliphatic heterocycles. The van der Waals surface area contributed by atoms with Gasteiger partial charge in [-0.2, -0.15) is 20.0 Å². The molecule has 1 saturated carbocycles. The summed E-state index contributed by atoms with van der Waals surface area (Å²) in [6, 6.07) is 20.2. The van der Waals surface area contributed by atoms with E-state index < -0.39 is 11.9 Å². The van der Waals surface area contributed by atoms with Gasteiger partial charge in [-0.25, -0.2) is 4.79 Å². The summed E-state index contributed by atoms with van der Waals surface area (Å²) in [5.74, 6) is -1.62. The first kappa shape index (κ1) is 24.0. The maximum atomic E-state index is 14.7. The summed E-state index contributed by atoms with van der Waals surface area (Å²) < 4.78 is 14.7. The Morgan fingerprint density at radius 2 is 1.81 bits per heavy atom. The second-order valence-electron chi connectivity index (χ2n) is 8.69. The van der Waals surface area contributed by atoms with Crippen LogP contribution < -0.4 is 0 Å². The molecule has 0 bridgehead atoms. The number of hydrogen-bond donors (Lipinski definition) is 2. The highest BCUT2D eigenvalue weighted by Gasteiger charge is 2.33. The Labute approximate surface area is 216 Å². The van der Waals surface area contributed by atoms with Gasteiger partial charge in [-0.15, -0.1) is 0 Å². The summed E-state index contributed by atoms with van der Waals surface area (Å²) in [6.07, 6.45) is 4.33. The third-order valence-electron chi connectivity index (χ3n) is 6.32. The molecule has 0 saturated heterocycles. The van der Waals surface area contributed by atoms with Crippen molar-refractivity contribution < 1.29 is 14.3 Å². The number of H-pyrrole nitrogens is 1. The van der Waals surface area contributed by atoms with Gasteiger partial charge in [0.2, 0.25) is 5.95 Å². The lowest BCUT2D eigenvalue weighted by molar-refractivity contribution is -0.131. The SMILES string of the molecule is N#Cc1cc(Cl)ccc1C(=C(c1ccc(C=CC(=O)O)cc1)c1ccc2n[nH]c(F)c2c1C#N)C1CC1. The van der Waals surface area contributed by atoms with Crippen LogP contribution >= 0.6 is 11.6 Å². The number of allylic oxidation sites excluding steroid dienone is 1. The summed E-state index contributed by atoms with van der Waals surface area (Å²) in [5, 5.41) is 35.8. The number of nitrogens with zero attached hydrogens (tertiary/aromatic N) is 3. The second-order valence-corrected chi connectivity index (χ2v) is 9.13. The van der Waals surface area contributed by atoms with Crippen molar-refractivity contribution in [3.8, 4) is 12.1 Å². The number of nitriles is 2. The highest BCUT2D eigenvalue weighted by molar-refractivity contribution is 6.30. The van der Waals surface area contributed by atoms with Gasteiger partial charge in [0.25, 0.3) is 0 Å². The lowest BCUT2D eigenvalue weighted by Gasteiger charge is -2.19. The van der Waals surface area contributed by atoms with Crippen LogP contribution in [0.15, 0.2) is 60.7 Å². The van der Waals surface area contributed by atoms with Crippen molar-refractivity contribution in [2.24, 2.45) is 5.92 Å². The van der Waals surface area contributed by atoms with Crippen LogP contribution in [0, 0.1) is 34.5 Å². The van der Waals surface area contributed by atoms with Gasteiger partial charge < -0.3 is 5.11 Å². The number of halogens is 2. The van der Waals surface area contributed by atoms with E-state index in [-0.39, 0.29) is 16.9 Å². The fourth-order valence-electron chi connectivity index (χ4n) is 4.56. The van der Waals surface area contributed by atoms with Crippen LogP contribution in [0.1, 0.15) is 46.2 Å². The first-order valence-electron chi connectivity index (χ1n) is 11.4. The zero-order valence-electron chi connectivity index (χ0n) is 19.3. The van der Waals surface area contributed by atoms with Crippen LogP contribution in [0.5, 0.6) is 0 Å². The summed E-state index contributed by atoms with van der Waals surface area (Å²) in [6.45, 7) is 0. The number of aliphatic carboxylic acids is 1. The number of aromatic amines is 1. The van der Waals surface area contributed by atoms with E-state index in [9.17, 15) is 19.7 Å². The van der Waals surface area contributed by atoms with Gasteiger partial charge in [0.15, 0.2) is 0 Å². The number of benzene rings is 3. The quantitative estimate of drug-likeness (QED) is 0.226. The van der Waals surface area contributed by atoms with Crippen LogP contribution in [-0.2, 0) is 4.79 Å². The van der Waals surface area contributed by atoms with Crippen molar-refractivity contribution in [2.45, 2.75) is 12.8 Å². The zero-order valence-corrected chi connectivity index (χ0v) is 20.1. The number of carbonyl (C=O) groups is 1. The van der Waals surface area contributed by atoms with Gasteiger partial charge in [0, 0.05) is 16.7 Å². The smallest absolute Gasteiger partial charge is 0.328 e. The standard InChI is InChI=1S/C29H18ClFN4O2/c30-20-8-9-21(19(13-20)14-32)26(18-6-7-18)27(17-4-1-16(2-5-17)3-12-25(36)37)22-10-11-24-28(23(22)15-33)29(31)35-34-24/h1-5,8-13,18H,6-7H2,(H,34,35)(H,36,37). The minimum Gasteiger partial charge on any atom is -0.478 e. The van der Waals surface area contributed by atoms with E-state index in [2.05, 4.69) is 22.3 Å². The third-order valence-corrected chi connectivity index (χ3v) is 6.56. The molecule has 0 unspecified atom stereocenters. The summed E-state index contributed by atoms with van der Waals surface area (Å²) in [4.78, 5) is 10.9. The topological polar surface area (TPSA) is 114 Å². The lowest BCUT2D eigenvalue weighted by atomic mass is 9.83.